The Morgan fingerprint density at radius 2 is 2.00 bits per heavy atom. The summed E-state index contributed by atoms with van der Waals surface area (Å²) in [7, 11) is 0. The van der Waals surface area contributed by atoms with Gasteiger partial charge in [0.15, 0.2) is 22.5 Å². The fraction of sp³-hybridized carbons (Fsp3) is 0.333. The fourth-order valence-corrected chi connectivity index (χ4v) is 4.40. The van der Waals surface area contributed by atoms with Gasteiger partial charge in [0, 0.05) is 25.2 Å². The number of ether oxygens (including phenoxy) is 1. The van der Waals surface area contributed by atoms with Gasteiger partial charge in [0.2, 0.25) is 0 Å². The van der Waals surface area contributed by atoms with Crippen molar-refractivity contribution < 1.29 is 9.30 Å². The third kappa shape index (κ3) is 3.82. The van der Waals surface area contributed by atoms with Crippen molar-refractivity contribution >= 4 is 38.5 Å². The van der Waals surface area contributed by atoms with Crippen LogP contribution in [0.1, 0.15) is 6.92 Å². The van der Waals surface area contributed by atoms with Gasteiger partial charge in [-0.2, -0.15) is 0 Å². The van der Waals surface area contributed by atoms with Crippen LogP contribution in [0.15, 0.2) is 52.3 Å². The molecule has 0 aromatic carbocycles. The summed E-state index contributed by atoms with van der Waals surface area (Å²) >= 11 is 3.26. The average Bonchev–Trinajstić information content (AvgIpc) is 3.37. The highest BCUT2D eigenvalue weighted by molar-refractivity contribution is 7.20. The quantitative estimate of drug-likeness (QED) is 0.481. The van der Waals surface area contributed by atoms with Gasteiger partial charge < -0.3 is 9.64 Å². The molecule has 26 heavy (non-hydrogen) atoms. The molecule has 8 heteroatoms. The number of morpholine rings is 1. The molecule has 1 saturated heterocycles. The minimum Gasteiger partial charge on any atom is -0.378 e. The lowest BCUT2D eigenvalue weighted by molar-refractivity contribution is -0.693. The van der Waals surface area contributed by atoms with E-state index in [9.17, 15) is 0 Å². The highest BCUT2D eigenvalue weighted by Crippen LogP contribution is 2.42. The summed E-state index contributed by atoms with van der Waals surface area (Å²) in [5, 5.41) is 12.8. The number of pyridine rings is 1. The topological polar surface area (TPSA) is 54.0 Å². The molecule has 1 aliphatic rings. The molecule has 4 rings (SSSR count). The Morgan fingerprint density at radius 3 is 2.69 bits per heavy atom. The molecular weight excluding hydrogens is 366 g/mol. The zero-order valence-corrected chi connectivity index (χ0v) is 16.2. The molecule has 0 saturated carbocycles. The summed E-state index contributed by atoms with van der Waals surface area (Å²) < 4.78 is 7.54. The van der Waals surface area contributed by atoms with Crippen molar-refractivity contribution in [2.75, 3.05) is 31.2 Å². The SMILES string of the molecule is CC[n+]1ccc(N=Nc2sc(N3CCOCC3)nc2-c2cccs2)cc1. The van der Waals surface area contributed by atoms with Crippen LogP contribution in [0, 0.1) is 0 Å². The molecule has 0 bridgehead atoms. The van der Waals surface area contributed by atoms with E-state index >= 15 is 0 Å². The number of rotatable bonds is 5. The molecule has 6 nitrogen and oxygen atoms in total. The van der Waals surface area contributed by atoms with Crippen LogP contribution < -0.4 is 9.47 Å². The smallest absolute Gasteiger partial charge is 0.188 e. The molecular formula is C18H20N5OS2+. The first-order chi connectivity index (χ1) is 12.8. The highest BCUT2D eigenvalue weighted by Gasteiger charge is 2.20. The number of hydrogen-bond acceptors (Lipinski definition) is 7. The summed E-state index contributed by atoms with van der Waals surface area (Å²) in [6.45, 7) is 6.27. The predicted molar refractivity (Wildman–Crippen MR) is 105 cm³/mol. The van der Waals surface area contributed by atoms with Crippen LogP contribution in [0.25, 0.3) is 10.6 Å². The van der Waals surface area contributed by atoms with E-state index in [1.54, 1.807) is 22.7 Å². The molecule has 3 aromatic rings. The monoisotopic (exact) mass is 386 g/mol. The van der Waals surface area contributed by atoms with E-state index in [0.29, 0.717) is 0 Å². The lowest BCUT2D eigenvalue weighted by Crippen LogP contribution is -2.36. The average molecular weight is 387 g/mol. The van der Waals surface area contributed by atoms with Gasteiger partial charge in [0.1, 0.15) is 12.2 Å². The number of thiazole rings is 1. The van der Waals surface area contributed by atoms with Crippen molar-refractivity contribution in [3.05, 3.63) is 42.0 Å². The maximum atomic E-state index is 5.45. The summed E-state index contributed by atoms with van der Waals surface area (Å²) in [4.78, 5) is 8.24. The second kappa shape index (κ2) is 8.03. The van der Waals surface area contributed by atoms with Gasteiger partial charge in [-0.3, -0.25) is 0 Å². The maximum Gasteiger partial charge on any atom is 0.188 e. The molecule has 1 fully saturated rings. The second-order valence-corrected chi connectivity index (χ2v) is 7.72. The van der Waals surface area contributed by atoms with Crippen LogP contribution in [0.2, 0.25) is 0 Å². The van der Waals surface area contributed by atoms with E-state index in [4.69, 9.17) is 9.72 Å². The number of aryl methyl sites for hydroxylation is 1. The van der Waals surface area contributed by atoms with Crippen molar-refractivity contribution in [2.45, 2.75) is 13.5 Å². The van der Waals surface area contributed by atoms with Crippen molar-refractivity contribution in [1.29, 1.82) is 0 Å². The number of aromatic nitrogens is 2. The largest absolute Gasteiger partial charge is 0.378 e. The Morgan fingerprint density at radius 1 is 1.19 bits per heavy atom. The van der Waals surface area contributed by atoms with Gasteiger partial charge >= 0.3 is 0 Å². The van der Waals surface area contributed by atoms with E-state index in [1.165, 1.54) is 0 Å². The molecule has 0 radical (unpaired) electrons. The molecule has 3 aromatic heterocycles. The lowest BCUT2D eigenvalue weighted by Gasteiger charge is -2.25. The van der Waals surface area contributed by atoms with Gasteiger partial charge in [-0.05, 0) is 18.4 Å². The fourth-order valence-electron chi connectivity index (χ4n) is 2.66. The number of anilines is 1. The Kier molecular flexibility index (Phi) is 5.33. The van der Waals surface area contributed by atoms with Crippen LogP contribution in [-0.4, -0.2) is 31.3 Å². The first kappa shape index (κ1) is 17.3. The number of thiophene rings is 1. The summed E-state index contributed by atoms with van der Waals surface area (Å²) in [6, 6.07) is 8.06. The molecule has 0 unspecified atom stereocenters. The molecule has 0 atom stereocenters. The zero-order valence-electron chi connectivity index (χ0n) is 14.5. The normalized spacial score (nSPS) is 15.0. The number of hydrogen-bond donors (Lipinski definition) is 0. The number of azo groups is 1. The zero-order chi connectivity index (χ0) is 17.8. The van der Waals surface area contributed by atoms with Gasteiger partial charge in [-0.15, -0.1) is 21.6 Å². The van der Waals surface area contributed by atoms with Crippen LogP contribution >= 0.6 is 22.7 Å². The van der Waals surface area contributed by atoms with Gasteiger partial charge in [-0.25, -0.2) is 9.55 Å². The highest BCUT2D eigenvalue weighted by atomic mass is 32.1. The van der Waals surface area contributed by atoms with Gasteiger partial charge in [0.25, 0.3) is 0 Å². The molecule has 134 valence electrons. The summed E-state index contributed by atoms with van der Waals surface area (Å²) in [6.07, 6.45) is 4.03. The lowest BCUT2D eigenvalue weighted by atomic mass is 10.3. The Bertz CT molecular complexity index is 868. The third-order valence-electron chi connectivity index (χ3n) is 4.13. The van der Waals surface area contributed by atoms with Gasteiger partial charge in [0.05, 0.1) is 23.8 Å². The molecule has 0 aliphatic carbocycles. The van der Waals surface area contributed by atoms with Gasteiger partial charge in [-0.1, -0.05) is 17.4 Å². The van der Waals surface area contributed by atoms with E-state index in [1.807, 2.05) is 30.6 Å². The molecule has 0 spiro atoms. The minimum atomic E-state index is 0.742. The van der Waals surface area contributed by atoms with Crippen LogP contribution in [0.4, 0.5) is 15.8 Å². The second-order valence-electron chi connectivity index (χ2n) is 5.81. The maximum absolute atomic E-state index is 5.45. The van der Waals surface area contributed by atoms with E-state index < -0.39 is 0 Å². The van der Waals surface area contributed by atoms with Crippen molar-refractivity contribution in [3.8, 4) is 10.6 Å². The first-order valence-corrected chi connectivity index (χ1v) is 10.3. The van der Waals surface area contributed by atoms with Crippen LogP contribution in [0.3, 0.4) is 0 Å². The Balaban J connectivity index is 1.64. The molecule has 0 N–H and O–H groups in total. The molecule has 0 amide bonds. The van der Waals surface area contributed by atoms with Crippen LogP contribution in [0.5, 0.6) is 0 Å². The summed E-state index contributed by atoms with van der Waals surface area (Å²) in [5.41, 5.74) is 1.75. The van der Waals surface area contributed by atoms with E-state index in [-0.39, 0.29) is 0 Å². The molecule has 4 heterocycles. The minimum absolute atomic E-state index is 0.742. The predicted octanol–water partition coefficient (Wildman–Crippen LogP) is 4.43. The standard InChI is InChI=1S/C18H20N5OS2/c1-2-22-7-5-14(6-8-22)20-21-17-16(15-4-3-13-25-15)19-18(26-17)23-9-11-24-12-10-23/h3-8,13H,2,9-12H2,1H3/q+1. The number of nitrogens with zero attached hydrogens (tertiary/aromatic N) is 5. The Hall–Kier alpha value is -2.16. The third-order valence-corrected chi connectivity index (χ3v) is 6.01. The first-order valence-electron chi connectivity index (χ1n) is 8.62. The van der Waals surface area contributed by atoms with Crippen molar-refractivity contribution in [1.82, 2.24) is 4.98 Å². The summed E-state index contributed by atoms with van der Waals surface area (Å²) in [5.74, 6) is 0. The van der Waals surface area contributed by atoms with Crippen molar-refractivity contribution in [2.24, 2.45) is 10.2 Å². The van der Waals surface area contributed by atoms with E-state index in [2.05, 4.69) is 38.1 Å². The van der Waals surface area contributed by atoms with Crippen molar-refractivity contribution in [3.63, 3.8) is 0 Å². The Labute approximate surface area is 160 Å². The molecule has 1 aliphatic heterocycles. The van der Waals surface area contributed by atoms with Crippen LogP contribution in [-0.2, 0) is 11.3 Å². The van der Waals surface area contributed by atoms with E-state index in [0.717, 1.165) is 59.2 Å².